The van der Waals surface area contributed by atoms with Crippen molar-refractivity contribution in [2.24, 2.45) is 5.73 Å². The highest BCUT2D eigenvalue weighted by Gasteiger charge is 2.12. The van der Waals surface area contributed by atoms with Crippen LogP contribution in [0.4, 0.5) is 11.4 Å². The minimum atomic E-state index is -0.974. The van der Waals surface area contributed by atoms with E-state index in [4.69, 9.17) is 27.5 Å². The summed E-state index contributed by atoms with van der Waals surface area (Å²) in [5, 5.41) is 12.3. The summed E-state index contributed by atoms with van der Waals surface area (Å²) in [6, 6.07) is 11.8. The number of aromatic nitrogens is 1. The number of carboxylic acids is 1. The number of oxazole rings is 1. The number of H-pyrrole nitrogens is 1. The first-order valence-corrected chi connectivity index (χ1v) is 8.06. The first kappa shape index (κ1) is 17.5. The molecule has 0 aliphatic rings. The standard InChI is InChI=1S/C17H16N4O4S/c18-16(24)10-1-4-12(5-2-10)21(8-15(22)23)9-19-11-3-6-13-14(7-11)25-17(26)20-13/h1-7,19H,8-9H2,(H2,18,24)(H,20,26)(H,22,23). The Morgan fingerprint density at radius 3 is 2.62 bits per heavy atom. The van der Waals surface area contributed by atoms with Crippen molar-refractivity contribution in [2.75, 3.05) is 23.4 Å². The molecule has 1 heterocycles. The van der Waals surface area contributed by atoms with E-state index >= 15 is 0 Å². The molecule has 0 saturated carbocycles. The first-order chi connectivity index (χ1) is 12.4. The van der Waals surface area contributed by atoms with Gasteiger partial charge in [0.25, 0.3) is 4.84 Å². The molecule has 1 aromatic heterocycles. The molecule has 0 unspecified atom stereocenters. The summed E-state index contributed by atoms with van der Waals surface area (Å²) >= 11 is 4.95. The summed E-state index contributed by atoms with van der Waals surface area (Å²) in [6.07, 6.45) is 0. The third kappa shape index (κ3) is 4.01. The Morgan fingerprint density at radius 1 is 1.23 bits per heavy atom. The Bertz CT molecular complexity index is 1010. The monoisotopic (exact) mass is 372 g/mol. The predicted molar refractivity (Wildman–Crippen MR) is 99.8 cm³/mol. The summed E-state index contributed by atoms with van der Waals surface area (Å²) in [5.41, 5.74) is 8.36. The molecule has 0 aliphatic carbocycles. The number of hydrogen-bond acceptors (Lipinski definition) is 6. The van der Waals surface area contributed by atoms with Crippen LogP contribution in [0.15, 0.2) is 46.9 Å². The Morgan fingerprint density at radius 2 is 1.96 bits per heavy atom. The fourth-order valence-corrected chi connectivity index (χ4v) is 2.68. The van der Waals surface area contributed by atoms with Gasteiger partial charge < -0.3 is 30.5 Å². The number of carbonyl (C=O) groups excluding carboxylic acids is 1. The summed E-state index contributed by atoms with van der Waals surface area (Å²) in [5.74, 6) is -1.51. The molecule has 134 valence electrons. The zero-order valence-electron chi connectivity index (χ0n) is 13.6. The van der Waals surface area contributed by atoms with Gasteiger partial charge in [-0.2, -0.15) is 0 Å². The maximum Gasteiger partial charge on any atom is 0.323 e. The van der Waals surface area contributed by atoms with Crippen molar-refractivity contribution in [3.63, 3.8) is 0 Å². The van der Waals surface area contributed by atoms with Crippen molar-refractivity contribution < 1.29 is 19.1 Å². The van der Waals surface area contributed by atoms with E-state index in [0.29, 0.717) is 21.7 Å². The van der Waals surface area contributed by atoms with Gasteiger partial charge in [-0.05, 0) is 48.6 Å². The van der Waals surface area contributed by atoms with E-state index in [9.17, 15) is 9.59 Å². The summed E-state index contributed by atoms with van der Waals surface area (Å²) in [6.45, 7) is 0.0227. The lowest BCUT2D eigenvalue weighted by Gasteiger charge is -2.24. The summed E-state index contributed by atoms with van der Waals surface area (Å²) in [4.78, 5) is 27.2. The van der Waals surface area contributed by atoms with Crippen LogP contribution in [0, 0.1) is 4.84 Å². The van der Waals surface area contributed by atoms with Crippen LogP contribution in [0.3, 0.4) is 0 Å². The van der Waals surface area contributed by atoms with Gasteiger partial charge in [-0.25, -0.2) is 0 Å². The average molecular weight is 372 g/mol. The number of aromatic amines is 1. The lowest BCUT2D eigenvalue weighted by atomic mass is 10.2. The van der Waals surface area contributed by atoms with Crippen molar-refractivity contribution in [3.05, 3.63) is 52.9 Å². The molecule has 3 rings (SSSR count). The predicted octanol–water partition coefficient (Wildman–Crippen LogP) is 2.55. The van der Waals surface area contributed by atoms with Crippen molar-refractivity contribution in [3.8, 4) is 0 Å². The second kappa shape index (κ2) is 7.28. The Hall–Kier alpha value is -3.33. The third-order valence-corrected chi connectivity index (χ3v) is 3.92. The van der Waals surface area contributed by atoms with Gasteiger partial charge in [-0.1, -0.05) is 0 Å². The van der Waals surface area contributed by atoms with Crippen LogP contribution in [0.2, 0.25) is 0 Å². The summed E-state index contributed by atoms with van der Waals surface area (Å²) < 4.78 is 5.37. The molecule has 0 fully saturated rings. The number of hydrogen-bond donors (Lipinski definition) is 4. The third-order valence-electron chi connectivity index (χ3n) is 3.74. The zero-order valence-corrected chi connectivity index (χ0v) is 14.4. The Labute approximate surface area is 153 Å². The maximum absolute atomic E-state index is 11.2. The van der Waals surface area contributed by atoms with Crippen LogP contribution >= 0.6 is 12.2 Å². The lowest BCUT2D eigenvalue weighted by Crippen LogP contribution is -2.34. The number of amides is 1. The topological polar surface area (TPSA) is 125 Å². The minimum Gasteiger partial charge on any atom is -0.480 e. The second-order valence-corrected chi connectivity index (χ2v) is 5.93. The molecule has 26 heavy (non-hydrogen) atoms. The van der Waals surface area contributed by atoms with E-state index in [0.717, 1.165) is 11.2 Å². The Kier molecular flexibility index (Phi) is 4.90. The van der Waals surface area contributed by atoms with Crippen LogP contribution in [-0.4, -0.2) is 35.2 Å². The zero-order chi connectivity index (χ0) is 18.7. The largest absolute Gasteiger partial charge is 0.480 e. The number of nitrogens with one attached hydrogen (secondary N) is 2. The number of primary amides is 1. The highest BCUT2D eigenvalue weighted by molar-refractivity contribution is 7.71. The van der Waals surface area contributed by atoms with E-state index in [-0.39, 0.29) is 13.2 Å². The van der Waals surface area contributed by atoms with Gasteiger partial charge in [0.15, 0.2) is 5.58 Å². The van der Waals surface area contributed by atoms with Crippen LogP contribution in [-0.2, 0) is 4.79 Å². The summed E-state index contributed by atoms with van der Waals surface area (Å²) in [7, 11) is 0. The fourth-order valence-electron chi connectivity index (χ4n) is 2.48. The van der Waals surface area contributed by atoms with Crippen LogP contribution in [0.1, 0.15) is 10.4 Å². The number of rotatable bonds is 7. The van der Waals surface area contributed by atoms with Gasteiger partial charge in [-0.3, -0.25) is 9.59 Å². The van der Waals surface area contributed by atoms with Gasteiger partial charge in [0, 0.05) is 23.0 Å². The molecule has 8 nitrogen and oxygen atoms in total. The number of carboxylic acid groups (broad SMARTS) is 1. The first-order valence-electron chi connectivity index (χ1n) is 7.66. The van der Waals surface area contributed by atoms with E-state index in [2.05, 4.69) is 10.3 Å². The molecule has 1 amide bonds. The van der Waals surface area contributed by atoms with E-state index in [1.54, 1.807) is 35.2 Å². The highest BCUT2D eigenvalue weighted by atomic mass is 32.1. The molecular weight excluding hydrogens is 356 g/mol. The van der Waals surface area contributed by atoms with Gasteiger partial charge in [0.05, 0.1) is 12.2 Å². The van der Waals surface area contributed by atoms with Crippen LogP contribution in [0.25, 0.3) is 11.1 Å². The molecule has 3 aromatic rings. The van der Waals surface area contributed by atoms with Gasteiger partial charge in [-0.15, -0.1) is 0 Å². The smallest absolute Gasteiger partial charge is 0.323 e. The number of nitrogens with two attached hydrogens (primary N) is 1. The maximum atomic E-state index is 11.2. The number of fused-ring (bicyclic) bond motifs is 1. The number of benzene rings is 2. The van der Waals surface area contributed by atoms with E-state index in [1.807, 2.05) is 12.1 Å². The van der Waals surface area contributed by atoms with Gasteiger partial charge in [0.2, 0.25) is 5.91 Å². The average Bonchev–Trinajstić information content (AvgIpc) is 2.97. The SMILES string of the molecule is NC(=O)c1ccc(N(CNc2ccc3[nH]c(=S)oc3c2)CC(=O)O)cc1. The van der Waals surface area contributed by atoms with E-state index in [1.165, 1.54) is 0 Å². The molecule has 9 heteroatoms. The quantitative estimate of drug-likeness (QED) is 0.371. The highest BCUT2D eigenvalue weighted by Crippen LogP contribution is 2.20. The molecule has 2 aromatic carbocycles. The molecule has 0 spiro atoms. The van der Waals surface area contributed by atoms with Crippen molar-refractivity contribution in [1.82, 2.24) is 4.98 Å². The van der Waals surface area contributed by atoms with Crippen molar-refractivity contribution >= 4 is 46.6 Å². The van der Waals surface area contributed by atoms with Crippen LogP contribution in [0.5, 0.6) is 0 Å². The number of nitrogens with zero attached hydrogens (tertiary/aromatic N) is 1. The van der Waals surface area contributed by atoms with E-state index < -0.39 is 11.9 Å². The lowest BCUT2D eigenvalue weighted by molar-refractivity contribution is -0.135. The molecular formula is C17H16N4O4S. The van der Waals surface area contributed by atoms with Crippen molar-refractivity contribution in [2.45, 2.75) is 0 Å². The fraction of sp³-hybridized carbons (Fsp3) is 0.118. The normalized spacial score (nSPS) is 10.6. The molecule has 0 radical (unpaired) electrons. The second-order valence-electron chi connectivity index (χ2n) is 5.56. The molecule has 0 saturated heterocycles. The Balaban J connectivity index is 1.77. The molecule has 0 bridgehead atoms. The molecule has 0 atom stereocenters. The van der Waals surface area contributed by atoms with Gasteiger partial charge in [0.1, 0.15) is 6.54 Å². The minimum absolute atomic E-state index is 0.212. The molecule has 5 N–H and O–H groups in total. The molecule has 0 aliphatic heterocycles. The van der Waals surface area contributed by atoms with Crippen LogP contribution < -0.4 is 16.0 Å². The van der Waals surface area contributed by atoms with Gasteiger partial charge >= 0.3 is 5.97 Å². The van der Waals surface area contributed by atoms with Crippen molar-refractivity contribution in [1.29, 1.82) is 0 Å². The number of anilines is 2. The number of carbonyl (C=O) groups is 2. The number of aliphatic carboxylic acids is 1.